The number of hydrogen-bond acceptors (Lipinski definition) is 6. The van der Waals surface area contributed by atoms with Gasteiger partial charge in [0.1, 0.15) is 11.6 Å². The van der Waals surface area contributed by atoms with Crippen LogP contribution in [0.15, 0.2) is 42.5 Å². The number of fused-ring (bicyclic) bond motifs is 1. The number of aromatic nitrogens is 2. The van der Waals surface area contributed by atoms with Crippen molar-refractivity contribution in [2.75, 3.05) is 43.1 Å². The highest BCUT2D eigenvalue weighted by Crippen LogP contribution is 2.49. The monoisotopic (exact) mass is 550 g/mol. The third-order valence-electron chi connectivity index (χ3n) is 9.06. The van der Waals surface area contributed by atoms with Crippen molar-refractivity contribution < 1.29 is 13.9 Å². The predicted octanol–water partition coefficient (Wildman–Crippen LogP) is 7.14. The highest BCUT2D eigenvalue weighted by Gasteiger charge is 2.48. The fraction of sp³-hybridized carbons (Fsp3) is 0.548. The van der Waals surface area contributed by atoms with Crippen LogP contribution in [0.4, 0.5) is 15.9 Å². The number of nitrogens with zero attached hydrogens (tertiary/aromatic N) is 4. The molecule has 2 fully saturated rings. The van der Waals surface area contributed by atoms with E-state index in [9.17, 15) is 5.11 Å². The van der Waals surface area contributed by atoms with Crippen LogP contribution in [-0.4, -0.2) is 56.7 Å². The summed E-state index contributed by atoms with van der Waals surface area (Å²) in [7, 11) is 0.282. The second kappa shape index (κ2) is 10.4. The van der Waals surface area contributed by atoms with Gasteiger partial charge in [-0.25, -0.2) is 14.4 Å². The molecule has 1 aliphatic carbocycles. The number of halogens is 1. The smallest absolute Gasteiger partial charge is 0.192 e. The van der Waals surface area contributed by atoms with Gasteiger partial charge >= 0.3 is 0 Å². The van der Waals surface area contributed by atoms with Crippen molar-refractivity contribution in [2.24, 2.45) is 0 Å². The molecule has 0 bridgehead atoms. The summed E-state index contributed by atoms with van der Waals surface area (Å²) in [6.45, 7) is 14.4. The molecule has 5 rings (SSSR count). The summed E-state index contributed by atoms with van der Waals surface area (Å²) in [5, 5.41) is 11.5. The molecule has 2 heterocycles. The van der Waals surface area contributed by atoms with E-state index in [4.69, 9.17) is 9.41 Å². The van der Waals surface area contributed by atoms with E-state index >= 15 is 4.39 Å². The zero-order valence-corrected chi connectivity index (χ0v) is 25.3. The fourth-order valence-corrected chi connectivity index (χ4v) is 6.17. The number of phenolic OH excluding ortho intramolecular Hbond substituents is 1. The number of piperidine rings is 1. The standard InChI is InChI=1S/C31H43FN4O2Si/c1-30(2,3)39(5,6)38-20-19-35(4)23-11-12-26-25(21-23)28(34-29(33-26)31(32)15-16-31)36-17-13-22(14-18-36)24-9-7-8-10-27(24)37/h7-12,21-22,37H,13-20H2,1-6H3. The van der Waals surface area contributed by atoms with Crippen LogP contribution in [0.5, 0.6) is 5.75 Å². The summed E-state index contributed by atoms with van der Waals surface area (Å²) in [6.07, 6.45) is 2.79. The van der Waals surface area contributed by atoms with Gasteiger partial charge in [-0.15, -0.1) is 0 Å². The first-order valence-electron chi connectivity index (χ1n) is 14.3. The number of rotatable bonds is 8. The van der Waals surface area contributed by atoms with E-state index in [1.54, 1.807) is 6.07 Å². The number of alkyl halides is 1. The summed E-state index contributed by atoms with van der Waals surface area (Å²) in [5.74, 6) is 1.80. The van der Waals surface area contributed by atoms with Gasteiger partial charge in [-0.1, -0.05) is 39.0 Å². The zero-order chi connectivity index (χ0) is 28.0. The molecule has 8 heteroatoms. The van der Waals surface area contributed by atoms with Crippen LogP contribution in [-0.2, 0) is 10.1 Å². The molecular weight excluding hydrogens is 507 g/mol. The van der Waals surface area contributed by atoms with Gasteiger partial charge in [-0.2, -0.15) is 0 Å². The molecule has 39 heavy (non-hydrogen) atoms. The molecule has 1 saturated heterocycles. The van der Waals surface area contributed by atoms with Crippen LogP contribution >= 0.6 is 0 Å². The van der Waals surface area contributed by atoms with Crippen molar-refractivity contribution in [3.05, 3.63) is 53.9 Å². The second-order valence-corrected chi connectivity index (χ2v) is 17.7. The summed E-state index contributed by atoms with van der Waals surface area (Å²) in [4.78, 5) is 14.0. The second-order valence-electron chi connectivity index (χ2n) is 12.9. The van der Waals surface area contributed by atoms with E-state index in [1.165, 1.54) is 0 Å². The number of hydrogen-bond donors (Lipinski definition) is 1. The van der Waals surface area contributed by atoms with Crippen LogP contribution in [0.2, 0.25) is 18.1 Å². The zero-order valence-electron chi connectivity index (χ0n) is 24.3. The molecule has 3 aromatic rings. The number of aromatic hydroxyl groups is 1. The Bertz CT molecular complexity index is 1330. The Hall–Kier alpha value is -2.71. The van der Waals surface area contributed by atoms with Crippen LogP contribution in [0.3, 0.4) is 0 Å². The highest BCUT2D eigenvalue weighted by atomic mass is 28.4. The largest absolute Gasteiger partial charge is 0.508 e. The first-order valence-corrected chi connectivity index (χ1v) is 17.2. The Morgan fingerprint density at radius 2 is 1.79 bits per heavy atom. The molecule has 6 nitrogen and oxygen atoms in total. The maximum Gasteiger partial charge on any atom is 0.192 e. The van der Waals surface area contributed by atoms with E-state index in [2.05, 4.69) is 67.8 Å². The van der Waals surface area contributed by atoms with Crippen LogP contribution in [0.1, 0.15) is 63.8 Å². The average molecular weight is 551 g/mol. The van der Waals surface area contributed by atoms with Gasteiger partial charge in [0.05, 0.1) is 12.1 Å². The van der Waals surface area contributed by atoms with Crippen molar-refractivity contribution in [2.45, 2.75) is 76.2 Å². The Kier molecular flexibility index (Phi) is 7.39. The molecule has 1 aromatic heterocycles. The third-order valence-corrected chi connectivity index (χ3v) is 13.6. The lowest BCUT2D eigenvalue weighted by atomic mass is 9.89. The minimum Gasteiger partial charge on any atom is -0.508 e. The van der Waals surface area contributed by atoms with Gasteiger partial charge in [0.2, 0.25) is 0 Å². The number of anilines is 2. The van der Waals surface area contributed by atoms with Gasteiger partial charge in [-0.05, 0) is 79.6 Å². The van der Waals surface area contributed by atoms with E-state index in [1.807, 2.05) is 24.3 Å². The molecular formula is C31H43FN4O2Si. The minimum absolute atomic E-state index is 0.181. The lowest BCUT2D eigenvalue weighted by Crippen LogP contribution is -2.42. The van der Waals surface area contributed by atoms with Crippen LogP contribution < -0.4 is 9.80 Å². The van der Waals surface area contributed by atoms with E-state index in [0.29, 0.717) is 36.9 Å². The third kappa shape index (κ3) is 5.77. The molecule has 0 unspecified atom stereocenters. The van der Waals surface area contributed by atoms with E-state index in [0.717, 1.165) is 60.4 Å². The molecule has 210 valence electrons. The average Bonchev–Trinajstić information content (AvgIpc) is 3.66. The summed E-state index contributed by atoms with van der Waals surface area (Å²) in [5.41, 5.74) is 1.48. The molecule has 1 aliphatic heterocycles. The predicted molar refractivity (Wildman–Crippen MR) is 160 cm³/mol. The number of likely N-dealkylation sites (N-methyl/N-ethyl adjacent to an activating group) is 1. The molecule has 0 spiro atoms. The van der Waals surface area contributed by atoms with Crippen molar-refractivity contribution in [3.63, 3.8) is 0 Å². The first-order chi connectivity index (χ1) is 18.4. The minimum atomic E-state index is -1.80. The fourth-order valence-electron chi connectivity index (χ4n) is 5.13. The summed E-state index contributed by atoms with van der Waals surface area (Å²) >= 11 is 0. The Balaban J connectivity index is 1.38. The maximum absolute atomic E-state index is 15.2. The molecule has 1 N–H and O–H groups in total. The lowest BCUT2D eigenvalue weighted by Gasteiger charge is -2.36. The van der Waals surface area contributed by atoms with Gasteiger partial charge in [0.15, 0.2) is 19.8 Å². The Labute approximate surface area is 233 Å². The number of benzene rings is 2. The molecule has 0 radical (unpaired) electrons. The Morgan fingerprint density at radius 3 is 2.44 bits per heavy atom. The lowest BCUT2D eigenvalue weighted by molar-refractivity contribution is 0.296. The molecule has 2 aliphatic rings. The summed E-state index contributed by atoms with van der Waals surface area (Å²) < 4.78 is 21.6. The van der Waals surface area contributed by atoms with Crippen molar-refractivity contribution in [1.82, 2.24) is 9.97 Å². The van der Waals surface area contributed by atoms with Gasteiger partial charge < -0.3 is 19.3 Å². The summed E-state index contributed by atoms with van der Waals surface area (Å²) in [6, 6.07) is 13.8. The normalized spacial score (nSPS) is 18.0. The first kappa shape index (κ1) is 27.8. The van der Waals surface area contributed by atoms with Crippen molar-refractivity contribution in [1.29, 1.82) is 0 Å². The SMILES string of the molecule is CN(CCO[Si](C)(C)C(C)(C)C)c1ccc2nc(C3(F)CC3)nc(N3CCC(c4ccccc4O)CC3)c2c1. The van der Waals surface area contributed by atoms with Gasteiger partial charge in [0, 0.05) is 37.8 Å². The highest BCUT2D eigenvalue weighted by molar-refractivity contribution is 6.74. The molecule has 2 aromatic carbocycles. The van der Waals surface area contributed by atoms with E-state index in [-0.39, 0.29) is 5.04 Å². The number of phenols is 1. The number of para-hydroxylation sites is 1. The molecule has 1 saturated carbocycles. The quantitative estimate of drug-likeness (QED) is 0.301. The molecule has 0 amide bonds. The Morgan fingerprint density at radius 1 is 1.10 bits per heavy atom. The maximum atomic E-state index is 15.2. The topological polar surface area (TPSA) is 61.7 Å². The van der Waals surface area contributed by atoms with Crippen LogP contribution in [0.25, 0.3) is 10.9 Å². The van der Waals surface area contributed by atoms with E-state index < -0.39 is 14.0 Å². The van der Waals surface area contributed by atoms with Gasteiger partial charge in [0.25, 0.3) is 0 Å². The molecule has 0 atom stereocenters. The van der Waals surface area contributed by atoms with Crippen molar-refractivity contribution in [3.8, 4) is 5.75 Å². The van der Waals surface area contributed by atoms with Crippen LogP contribution in [0, 0.1) is 0 Å². The van der Waals surface area contributed by atoms with Crippen molar-refractivity contribution >= 4 is 30.7 Å². The van der Waals surface area contributed by atoms with Gasteiger partial charge in [-0.3, -0.25) is 0 Å².